The molecule has 0 aromatic heterocycles. The number of carbonyl (C=O) groups is 2. The van der Waals surface area contributed by atoms with Crippen molar-refractivity contribution in [2.24, 2.45) is 11.3 Å². The van der Waals surface area contributed by atoms with E-state index in [0.29, 0.717) is 19.6 Å². The number of rotatable bonds is 4. The van der Waals surface area contributed by atoms with Gasteiger partial charge in [-0.15, -0.1) is 0 Å². The molecule has 0 spiro atoms. The smallest absolute Gasteiger partial charge is 0.313 e. The van der Waals surface area contributed by atoms with Gasteiger partial charge in [0.25, 0.3) is 0 Å². The first-order valence-corrected chi connectivity index (χ1v) is 8.88. The number of aryl methyl sites for hydroxylation is 1. The SMILES string of the molecule is Cc1ccccc1-c1ccc(CN2C[C@@H]3C(=O)NC[C@]3(C(=O)O)C2)cc1. The topological polar surface area (TPSA) is 69.6 Å². The quantitative estimate of drug-likeness (QED) is 0.888. The van der Waals surface area contributed by atoms with Gasteiger partial charge in [0.05, 0.1) is 5.92 Å². The number of carboxylic acids is 1. The summed E-state index contributed by atoms with van der Waals surface area (Å²) in [5.74, 6) is -1.46. The molecular weight excluding hydrogens is 328 g/mol. The van der Waals surface area contributed by atoms with Gasteiger partial charge in [-0.25, -0.2) is 0 Å². The summed E-state index contributed by atoms with van der Waals surface area (Å²) in [6, 6.07) is 16.7. The number of likely N-dealkylation sites (tertiary alicyclic amines) is 1. The van der Waals surface area contributed by atoms with Crippen LogP contribution in [0, 0.1) is 18.3 Å². The van der Waals surface area contributed by atoms with Crippen molar-refractivity contribution in [3.63, 3.8) is 0 Å². The molecule has 2 heterocycles. The maximum atomic E-state index is 12.0. The van der Waals surface area contributed by atoms with Gasteiger partial charge in [-0.1, -0.05) is 48.5 Å². The average molecular weight is 350 g/mol. The zero-order chi connectivity index (χ0) is 18.3. The molecule has 2 aliphatic rings. The van der Waals surface area contributed by atoms with Crippen LogP contribution in [0.3, 0.4) is 0 Å². The predicted octanol–water partition coefficient (Wildman–Crippen LogP) is 2.29. The van der Waals surface area contributed by atoms with Gasteiger partial charge in [0.1, 0.15) is 5.41 Å². The molecule has 2 atom stereocenters. The van der Waals surface area contributed by atoms with Crippen molar-refractivity contribution in [3.8, 4) is 11.1 Å². The van der Waals surface area contributed by atoms with Crippen LogP contribution < -0.4 is 5.32 Å². The second-order valence-electron chi connectivity index (χ2n) is 7.41. The molecule has 5 nitrogen and oxygen atoms in total. The van der Waals surface area contributed by atoms with E-state index in [1.54, 1.807) is 0 Å². The normalized spacial score (nSPS) is 25.1. The zero-order valence-corrected chi connectivity index (χ0v) is 14.7. The highest BCUT2D eigenvalue weighted by Crippen LogP contribution is 2.40. The van der Waals surface area contributed by atoms with Crippen LogP contribution in [-0.4, -0.2) is 41.5 Å². The molecule has 2 saturated heterocycles. The van der Waals surface area contributed by atoms with Crippen LogP contribution in [-0.2, 0) is 16.1 Å². The lowest BCUT2D eigenvalue weighted by atomic mass is 9.81. The maximum Gasteiger partial charge on any atom is 0.313 e. The number of carboxylic acid groups (broad SMARTS) is 1. The Balaban J connectivity index is 1.50. The third kappa shape index (κ3) is 2.69. The van der Waals surface area contributed by atoms with Crippen LogP contribution in [0.4, 0.5) is 0 Å². The van der Waals surface area contributed by atoms with Crippen LogP contribution in [0.2, 0.25) is 0 Å². The zero-order valence-electron chi connectivity index (χ0n) is 14.7. The molecule has 5 heteroatoms. The Hall–Kier alpha value is -2.66. The maximum absolute atomic E-state index is 12.0. The second kappa shape index (κ2) is 6.25. The van der Waals surface area contributed by atoms with Crippen molar-refractivity contribution >= 4 is 11.9 Å². The van der Waals surface area contributed by atoms with Gasteiger partial charge in [-0.3, -0.25) is 14.5 Å². The number of nitrogens with zero attached hydrogens (tertiary/aromatic N) is 1. The molecule has 0 aliphatic carbocycles. The highest BCUT2D eigenvalue weighted by atomic mass is 16.4. The highest BCUT2D eigenvalue weighted by molar-refractivity contribution is 5.92. The first kappa shape index (κ1) is 16.8. The number of benzene rings is 2. The molecule has 1 amide bonds. The van der Waals surface area contributed by atoms with Crippen LogP contribution in [0.5, 0.6) is 0 Å². The van der Waals surface area contributed by atoms with Crippen molar-refractivity contribution in [1.29, 1.82) is 0 Å². The van der Waals surface area contributed by atoms with E-state index in [9.17, 15) is 14.7 Å². The van der Waals surface area contributed by atoms with E-state index in [2.05, 4.69) is 53.5 Å². The van der Waals surface area contributed by atoms with Crippen molar-refractivity contribution in [2.45, 2.75) is 13.5 Å². The van der Waals surface area contributed by atoms with Crippen molar-refractivity contribution in [2.75, 3.05) is 19.6 Å². The minimum absolute atomic E-state index is 0.134. The minimum atomic E-state index is -0.974. The molecule has 0 saturated carbocycles. The summed E-state index contributed by atoms with van der Waals surface area (Å²) in [6.45, 7) is 3.90. The summed E-state index contributed by atoms with van der Waals surface area (Å²) in [4.78, 5) is 25.8. The molecule has 2 N–H and O–H groups in total. The summed E-state index contributed by atoms with van der Waals surface area (Å²) >= 11 is 0. The van der Waals surface area contributed by atoms with Crippen molar-refractivity contribution < 1.29 is 14.7 Å². The van der Waals surface area contributed by atoms with E-state index in [4.69, 9.17) is 0 Å². The Bertz CT molecular complexity index is 862. The molecule has 0 bridgehead atoms. The highest BCUT2D eigenvalue weighted by Gasteiger charge is 2.59. The Morgan fingerprint density at radius 2 is 1.96 bits per heavy atom. The number of hydrogen-bond donors (Lipinski definition) is 2. The summed E-state index contributed by atoms with van der Waals surface area (Å²) in [5, 5.41) is 12.4. The molecular formula is C21H22N2O3. The van der Waals surface area contributed by atoms with E-state index >= 15 is 0 Å². The second-order valence-corrected chi connectivity index (χ2v) is 7.41. The van der Waals surface area contributed by atoms with Gasteiger partial charge in [0.2, 0.25) is 5.91 Å². The monoisotopic (exact) mass is 350 g/mol. The van der Waals surface area contributed by atoms with Crippen molar-refractivity contribution in [3.05, 3.63) is 59.7 Å². The lowest BCUT2D eigenvalue weighted by Crippen LogP contribution is -2.40. The third-order valence-electron chi connectivity index (χ3n) is 5.75. The van der Waals surface area contributed by atoms with Gasteiger partial charge in [-0.2, -0.15) is 0 Å². The molecule has 0 radical (unpaired) electrons. The van der Waals surface area contributed by atoms with Gasteiger partial charge in [0.15, 0.2) is 0 Å². The molecule has 0 unspecified atom stereocenters. The number of nitrogens with one attached hydrogen (secondary N) is 1. The number of aliphatic carboxylic acids is 1. The number of fused-ring (bicyclic) bond motifs is 1. The van der Waals surface area contributed by atoms with Crippen LogP contribution in [0.1, 0.15) is 11.1 Å². The van der Waals surface area contributed by atoms with Gasteiger partial charge in [0, 0.05) is 26.2 Å². The molecule has 2 aromatic carbocycles. The van der Waals surface area contributed by atoms with E-state index in [0.717, 1.165) is 5.56 Å². The molecule has 26 heavy (non-hydrogen) atoms. The van der Waals surface area contributed by atoms with Gasteiger partial charge in [-0.05, 0) is 29.2 Å². The number of amides is 1. The summed E-state index contributed by atoms with van der Waals surface area (Å²) in [7, 11) is 0. The number of hydrogen-bond acceptors (Lipinski definition) is 3. The number of carbonyl (C=O) groups excluding carboxylic acids is 1. The standard InChI is InChI=1S/C21H22N2O3/c1-14-4-2-3-5-17(14)16-8-6-15(7-9-16)10-23-11-18-19(24)22-12-21(18,13-23)20(25)26/h2-9,18H,10-13H2,1H3,(H,22,24)(H,25,26)/t18-,21+/m1/s1. The predicted molar refractivity (Wildman–Crippen MR) is 98.5 cm³/mol. The van der Waals surface area contributed by atoms with Gasteiger partial charge < -0.3 is 10.4 Å². The fourth-order valence-corrected chi connectivity index (χ4v) is 4.25. The van der Waals surface area contributed by atoms with E-state index in [1.807, 2.05) is 12.1 Å². The summed E-state index contributed by atoms with van der Waals surface area (Å²) in [5.41, 5.74) is 3.78. The first-order valence-electron chi connectivity index (χ1n) is 8.88. The Morgan fingerprint density at radius 1 is 1.23 bits per heavy atom. The lowest BCUT2D eigenvalue weighted by Gasteiger charge is -2.22. The lowest BCUT2D eigenvalue weighted by molar-refractivity contribution is -0.149. The van der Waals surface area contributed by atoms with Crippen LogP contribution >= 0.6 is 0 Å². The Labute approximate surface area is 152 Å². The van der Waals surface area contributed by atoms with Crippen LogP contribution in [0.25, 0.3) is 11.1 Å². The van der Waals surface area contributed by atoms with E-state index in [-0.39, 0.29) is 12.5 Å². The average Bonchev–Trinajstić information content (AvgIpc) is 3.14. The Kier molecular flexibility index (Phi) is 4.04. The first-order chi connectivity index (χ1) is 12.5. The van der Waals surface area contributed by atoms with E-state index in [1.165, 1.54) is 16.7 Å². The van der Waals surface area contributed by atoms with Crippen LogP contribution in [0.15, 0.2) is 48.5 Å². The molecule has 4 rings (SSSR count). The molecule has 2 aliphatic heterocycles. The van der Waals surface area contributed by atoms with Gasteiger partial charge >= 0.3 is 5.97 Å². The largest absolute Gasteiger partial charge is 0.481 e. The Morgan fingerprint density at radius 3 is 2.62 bits per heavy atom. The fourth-order valence-electron chi connectivity index (χ4n) is 4.25. The summed E-state index contributed by atoms with van der Waals surface area (Å²) < 4.78 is 0. The minimum Gasteiger partial charge on any atom is -0.481 e. The van der Waals surface area contributed by atoms with E-state index < -0.39 is 17.3 Å². The summed E-state index contributed by atoms with van der Waals surface area (Å²) in [6.07, 6.45) is 0. The molecule has 2 fully saturated rings. The fraction of sp³-hybridized carbons (Fsp3) is 0.333. The third-order valence-corrected chi connectivity index (χ3v) is 5.75. The molecule has 134 valence electrons. The molecule has 2 aromatic rings. The van der Waals surface area contributed by atoms with Crippen molar-refractivity contribution in [1.82, 2.24) is 10.2 Å².